The fraction of sp³-hybridized carbons (Fsp3) is 0.128. The molecule has 0 radical (unpaired) electrons. The van der Waals surface area contributed by atoms with Gasteiger partial charge in [-0.1, -0.05) is 91.0 Å². The lowest BCUT2D eigenvalue weighted by Crippen LogP contribution is -2.33. The highest BCUT2D eigenvalue weighted by molar-refractivity contribution is 6.12. The molecule has 0 unspecified atom stereocenters. The van der Waals surface area contributed by atoms with Crippen LogP contribution in [0.4, 0.5) is 5.69 Å². The number of carbonyl (C=O) groups excluding carboxylic acids is 2. The maximum absolute atomic E-state index is 13.1. The van der Waals surface area contributed by atoms with Crippen molar-refractivity contribution in [2.75, 3.05) is 18.5 Å². The number of nitrogens with zero attached hydrogens (tertiary/aromatic N) is 2. The van der Waals surface area contributed by atoms with E-state index in [9.17, 15) is 19.5 Å². The SMILES string of the molecule is O=C(c1ccccc1)c1ccccc1N[C@@H](Cc1ccc(OCCN(Cc2ccccc2)C(=O)C=Cc2cccnc2)cc1)C(=O)O. The molecule has 1 heterocycles. The Morgan fingerprint density at radius 3 is 2.21 bits per heavy atom. The van der Waals surface area contributed by atoms with Crippen LogP contribution in [0, 0.1) is 0 Å². The lowest BCUT2D eigenvalue weighted by molar-refractivity contribution is -0.137. The average molecular weight is 626 g/mol. The van der Waals surface area contributed by atoms with Crippen molar-refractivity contribution in [2.45, 2.75) is 19.0 Å². The molecule has 2 N–H and O–H groups in total. The Labute approximate surface area is 274 Å². The van der Waals surface area contributed by atoms with Crippen LogP contribution in [-0.4, -0.2) is 51.8 Å². The molecule has 0 aliphatic heterocycles. The van der Waals surface area contributed by atoms with Crippen LogP contribution in [0.1, 0.15) is 32.6 Å². The number of pyridine rings is 1. The zero-order valence-corrected chi connectivity index (χ0v) is 25.7. The quantitative estimate of drug-likeness (QED) is 0.100. The van der Waals surface area contributed by atoms with E-state index in [0.29, 0.717) is 35.7 Å². The van der Waals surface area contributed by atoms with Crippen molar-refractivity contribution in [3.8, 4) is 5.75 Å². The molecule has 236 valence electrons. The monoisotopic (exact) mass is 625 g/mol. The fourth-order valence-corrected chi connectivity index (χ4v) is 4.99. The number of benzene rings is 4. The number of nitrogens with one attached hydrogen (secondary N) is 1. The maximum Gasteiger partial charge on any atom is 0.326 e. The van der Waals surface area contributed by atoms with E-state index in [4.69, 9.17) is 4.74 Å². The van der Waals surface area contributed by atoms with E-state index in [-0.39, 0.29) is 24.7 Å². The summed E-state index contributed by atoms with van der Waals surface area (Å²) in [5.74, 6) is -0.762. The molecule has 1 atom stereocenters. The molecule has 0 fully saturated rings. The first-order chi connectivity index (χ1) is 23.0. The van der Waals surface area contributed by atoms with E-state index in [1.807, 2.05) is 60.7 Å². The van der Waals surface area contributed by atoms with Gasteiger partial charge in [-0.25, -0.2) is 4.79 Å². The standard InChI is InChI=1S/C39H35N3O5/c43-37(22-19-30-12-9-23-40-27-30)42(28-31-10-3-1-4-11-31)24-25-47-33-20-17-29(18-21-33)26-36(39(45)46)41-35-16-8-7-15-34(35)38(44)32-13-5-2-6-14-32/h1-23,27,36,41H,24-26,28H2,(H,45,46)/t36-/m0/s1. The Balaban J connectivity index is 1.20. The van der Waals surface area contributed by atoms with Crippen LogP contribution in [0.3, 0.4) is 0 Å². The summed E-state index contributed by atoms with van der Waals surface area (Å²) in [6, 6.07) is 35.5. The highest BCUT2D eigenvalue weighted by Gasteiger charge is 2.21. The number of aliphatic carboxylic acids is 1. The van der Waals surface area contributed by atoms with Crippen molar-refractivity contribution in [3.05, 3.63) is 168 Å². The number of ketones is 1. The fourth-order valence-electron chi connectivity index (χ4n) is 4.99. The number of ether oxygens (including phenoxy) is 1. The van der Waals surface area contributed by atoms with Crippen LogP contribution in [0.2, 0.25) is 0 Å². The third-order valence-corrected chi connectivity index (χ3v) is 7.46. The van der Waals surface area contributed by atoms with Gasteiger partial charge in [0.1, 0.15) is 18.4 Å². The second-order valence-electron chi connectivity index (χ2n) is 10.8. The minimum absolute atomic E-state index is 0.143. The number of anilines is 1. The van der Waals surface area contributed by atoms with Crippen LogP contribution < -0.4 is 10.1 Å². The zero-order valence-electron chi connectivity index (χ0n) is 25.7. The number of carboxylic acids is 1. The summed E-state index contributed by atoms with van der Waals surface area (Å²) in [5.41, 5.74) is 4.01. The summed E-state index contributed by atoms with van der Waals surface area (Å²) < 4.78 is 5.98. The number of amides is 1. The molecule has 1 aromatic heterocycles. The molecular formula is C39H35N3O5. The van der Waals surface area contributed by atoms with Gasteiger partial charge in [-0.2, -0.15) is 0 Å². The molecule has 4 aromatic carbocycles. The topological polar surface area (TPSA) is 109 Å². The molecule has 0 bridgehead atoms. The third-order valence-electron chi connectivity index (χ3n) is 7.46. The van der Waals surface area contributed by atoms with E-state index < -0.39 is 12.0 Å². The molecule has 0 aliphatic rings. The number of para-hydroxylation sites is 1. The predicted molar refractivity (Wildman–Crippen MR) is 182 cm³/mol. The second kappa shape index (κ2) is 16.3. The molecule has 0 saturated carbocycles. The molecule has 8 nitrogen and oxygen atoms in total. The van der Waals surface area contributed by atoms with Crippen molar-refractivity contribution in [3.63, 3.8) is 0 Å². The molecule has 0 saturated heterocycles. The average Bonchev–Trinajstić information content (AvgIpc) is 3.11. The summed E-state index contributed by atoms with van der Waals surface area (Å²) in [6.07, 6.45) is 6.84. The van der Waals surface area contributed by atoms with E-state index in [1.54, 1.807) is 84.0 Å². The van der Waals surface area contributed by atoms with Crippen molar-refractivity contribution < 1.29 is 24.2 Å². The van der Waals surface area contributed by atoms with Gasteiger partial charge in [-0.05, 0) is 53.1 Å². The minimum atomic E-state index is -1.03. The van der Waals surface area contributed by atoms with Crippen molar-refractivity contribution >= 4 is 29.4 Å². The van der Waals surface area contributed by atoms with E-state index in [0.717, 1.165) is 16.7 Å². The van der Waals surface area contributed by atoms with Crippen LogP contribution in [0.25, 0.3) is 6.08 Å². The maximum atomic E-state index is 13.1. The Morgan fingerprint density at radius 2 is 1.51 bits per heavy atom. The molecular weight excluding hydrogens is 590 g/mol. The van der Waals surface area contributed by atoms with Gasteiger partial charge in [0.15, 0.2) is 5.78 Å². The Kier molecular flexibility index (Phi) is 11.3. The molecule has 0 aliphatic carbocycles. The highest BCUT2D eigenvalue weighted by Crippen LogP contribution is 2.22. The van der Waals surface area contributed by atoms with Gasteiger partial charge in [0.25, 0.3) is 0 Å². The summed E-state index contributed by atoms with van der Waals surface area (Å²) in [4.78, 5) is 44.3. The van der Waals surface area contributed by atoms with Crippen LogP contribution in [0.5, 0.6) is 5.75 Å². The predicted octanol–water partition coefficient (Wildman–Crippen LogP) is 6.54. The van der Waals surface area contributed by atoms with Gasteiger partial charge >= 0.3 is 5.97 Å². The molecule has 1 amide bonds. The number of rotatable bonds is 15. The number of hydrogen-bond acceptors (Lipinski definition) is 6. The van der Waals surface area contributed by atoms with Crippen molar-refractivity contribution in [1.29, 1.82) is 0 Å². The summed E-state index contributed by atoms with van der Waals surface area (Å²) in [7, 11) is 0. The van der Waals surface area contributed by atoms with Gasteiger partial charge in [0, 0.05) is 48.2 Å². The minimum Gasteiger partial charge on any atom is -0.492 e. The number of carbonyl (C=O) groups is 3. The normalized spacial score (nSPS) is 11.5. The van der Waals surface area contributed by atoms with Gasteiger partial charge in [-0.15, -0.1) is 0 Å². The number of aromatic nitrogens is 1. The molecule has 0 spiro atoms. The van der Waals surface area contributed by atoms with Crippen LogP contribution >= 0.6 is 0 Å². The van der Waals surface area contributed by atoms with E-state index in [2.05, 4.69) is 10.3 Å². The lowest BCUT2D eigenvalue weighted by Gasteiger charge is -2.22. The molecule has 5 aromatic rings. The van der Waals surface area contributed by atoms with Gasteiger partial charge in [-0.3, -0.25) is 14.6 Å². The number of carboxylic acid groups (broad SMARTS) is 1. The van der Waals surface area contributed by atoms with E-state index >= 15 is 0 Å². The molecule has 5 rings (SSSR count). The second-order valence-corrected chi connectivity index (χ2v) is 10.8. The Bertz CT molecular complexity index is 1790. The first-order valence-corrected chi connectivity index (χ1v) is 15.3. The summed E-state index contributed by atoms with van der Waals surface area (Å²) in [6.45, 7) is 1.06. The summed E-state index contributed by atoms with van der Waals surface area (Å²) >= 11 is 0. The van der Waals surface area contributed by atoms with Crippen molar-refractivity contribution in [1.82, 2.24) is 9.88 Å². The van der Waals surface area contributed by atoms with Crippen molar-refractivity contribution in [2.24, 2.45) is 0 Å². The van der Waals surface area contributed by atoms with Gasteiger partial charge in [0.05, 0.1) is 6.54 Å². The first kappa shape index (κ1) is 32.4. The first-order valence-electron chi connectivity index (χ1n) is 15.3. The van der Waals surface area contributed by atoms with Crippen LogP contribution in [0.15, 0.2) is 140 Å². The zero-order chi connectivity index (χ0) is 32.8. The van der Waals surface area contributed by atoms with Gasteiger partial charge < -0.3 is 20.1 Å². The molecule has 8 heteroatoms. The Morgan fingerprint density at radius 1 is 0.809 bits per heavy atom. The largest absolute Gasteiger partial charge is 0.492 e. The molecule has 47 heavy (non-hydrogen) atoms. The smallest absolute Gasteiger partial charge is 0.326 e. The summed E-state index contributed by atoms with van der Waals surface area (Å²) in [5, 5.41) is 13.1. The van der Waals surface area contributed by atoms with Gasteiger partial charge in [0.2, 0.25) is 5.91 Å². The van der Waals surface area contributed by atoms with Crippen LogP contribution in [-0.2, 0) is 22.6 Å². The number of hydrogen-bond donors (Lipinski definition) is 2. The lowest BCUT2D eigenvalue weighted by atomic mass is 10.00. The Hall–Kier alpha value is -6.02. The third kappa shape index (κ3) is 9.48. The van der Waals surface area contributed by atoms with E-state index in [1.165, 1.54) is 6.08 Å². The highest BCUT2D eigenvalue weighted by atomic mass is 16.5.